The van der Waals surface area contributed by atoms with E-state index in [0.717, 1.165) is 27.8 Å². The number of ketones is 1. The van der Waals surface area contributed by atoms with Crippen LogP contribution in [0.25, 0.3) is 22.2 Å². The molecule has 0 bridgehead atoms. The van der Waals surface area contributed by atoms with Crippen LogP contribution in [0.3, 0.4) is 0 Å². The number of hydrogen-bond donors (Lipinski definition) is 2. The predicted octanol–water partition coefficient (Wildman–Crippen LogP) is 4.88. The van der Waals surface area contributed by atoms with Gasteiger partial charge in [0, 0.05) is 54.3 Å². The fourth-order valence-corrected chi connectivity index (χ4v) is 3.26. The average molecular weight is 398 g/mol. The first-order valence-electron chi connectivity index (χ1n) is 9.59. The molecule has 2 heterocycles. The summed E-state index contributed by atoms with van der Waals surface area (Å²) in [6.07, 6.45) is 1.80. The highest BCUT2D eigenvalue weighted by atomic mass is 16.2. The molecule has 0 saturated heterocycles. The fraction of sp³-hybridized carbons (Fsp3) is 0.125. The van der Waals surface area contributed by atoms with Gasteiger partial charge in [0.1, 0.15) is 5.82 Å². The highest BCUT2D eigenvalue weighted by Crippen LogP contribution is 2.26. The van der Waals surface area contributed by atoms with Gasteiger partial charge < -0.3 is 15.2 Å². The highest BCUT2D eigenvalue weighted by molar-refractivity contribution is 5.95. The van der Waals surface area contributed by atoms with Crippen LogP contribution in [0, 0.1) is 0 Å². The molecule has 0 fully saturated rings. The Morgan fingerprint density at radius 3 is 2.43 bits per heavy atom. The maximum Gasteiger partial charge on any atom is 0.253 e. The lowest BCUT2D eigenvalue weighted by Crippen LogP contribution is -2.21. The molecule has 0 atom stereocenters. The Hall–Kier alpha value is -3.93. The number of Topliss-reactive ketones (excluding diaryl/α,β-unsaturated/α-hetero) is 1. The molecule has 4 rings (SSSR count). The van der Waals surface area contributed by atoms with Crippen LogP contribution in [0.15, 0.2) is 66.9 Å². The molecule has 0 unspecified atom stereocenters. The van der Waals surface area contributed by atoms with Crippen molar-refractivity contribution in [3.8, 4) is 11.3 Å². The van der Waals surface area contributed by atoms with Crippen molar-refractivity contribution in [2.75, 3.05) is 19.4 Å². The molecule has 30 heavy (non-hydrogen) atoms. The summed E-state index contributed by atoms with van der Waals surface area (Å²) in [6.45, 7) is 1.55. The second-order valence-corrected chi connectivity index (χ2v) is 7.38. The number of carbonyl (C=O) groups is 2. The molecule has 150 valence electrons. The zero-order valence-corrected chi connectivity index (χ0v) is 17.1. The maximum atomic E-state index is 12.1. The summed E-state index contributed by atoms with van der Waals surface area (Å²) in [5.74, 6) is 0.685. The summed E-state index contributed by atoms with van der Waals surface area (Å²) >= 11 is 0. The third-order valence-electron chi connectivity index (χ3n) is 4.89. The minimum Gasteiger partial charge on any atom is -0.354 e. The molecule has 6 nitrogen and oxygen atoms in total. The predicted molar refractivity (Wildman–Crippen MR) is 119 cm³/mol. The topological polar surface area (TPSA) is 78.1 Å². The van der Waals surface area contributed by atoms with Gasteiger partial charge in [0.2, 0.25) is 0 Å². The Morgan fingerprint density at radius 2 is 1.73 bits per heavy atom. The first-order chi connectivity index (χ1) is 14.4. The van der Waals surface area contributed by atoms with E-state index in [1.807, 2.05) is 54.6 Å². The molecule has 0 saturated carbocycles. The van der Waals surface area contributed by atoms with Crippen molar-refractivity contribution in [2.24, 2.45) is 0 Å². The minimum absolute atomic E-state index is 0.0213. The van der Waals surface area contributed by atoms with Crippen molar-refractivity contribution in [1.29, 1.82) is 0 Å². The average Bonchev–Trinajstić information content (AvgIpc) is 3.17. The number of anilines is 2. The lowest BCUT2D eigenvalue weighted by atomic mass is 10.1. The van der Waals surface area contributed by atoms with Gasteiger partial charge in [-0.3, -0.25) is 9.59 Å². The number of hydrogen-bond acceptors (Lipinski definition) is 4. The van der Waals surface area contributed by atoms with Crippen LogP contribution >= 0.6 is 0 Å². The fourth-order valence-electron chi connectivity index (χ4n) is 3.26. The van der Waals surface area contributed by atoms with Crippen molar-refractivity contribution in [1.82, 2.24) is 14.9 Å². The van der Waals surface area contributed by atoms with Gasteiger partial charge in [0.25, 0.3) is 5.91 Å². The third kappa shape index (κ3) is 3.93. The van der Waals surface area contributed by atoms with Crippen LogP contribution in [-0.4, -0.2) is 40.7 Å². The standard InChI is InChI=1S/C24H22N4O2/c1-15(29)18-5-4-6-20(11-18)26-23-13-22-19(14-25-23)12-21(27-22)16-7-9-17(10-8-16)24(30)28(2)3/h4-14,27H,1-3H3,(H,25,26). The van der Waals surface area contributed by atoms with E-state index in [-0.39, 0.29) is 11.7 Å². The lowest BCUT2D eigenvalue weighted by Gasteiger charge is -2.10. The number of H-pyrrole nitrogens is 1. The van der Waals surface area contributed by atoms with E-state index < -0.39 is 0 Å². The van der Waals surface area contributed by atoms with E-state index in [1.54, 1.807) is 38.2 Å². The molecule has 2 N–H and O–H groups in total. The first-order valence-corrected chi connectivity index (χ1v) is 9.59. The number of nitrogens with one attached hydrogen (secondary N) is 2. The molecule has 2 aromatic carbocycles. The second kappa shape index (κ2) is 7.83. The SMILES string of the molecule is CC(=O)c1cccc(Nc2cc3[nH]c(-c4ccc(C(=O)N(C)C)cc4)cc3cn2)c1. The molecule has 0 aliphatic heterocycles. The molecule has 4 aromatic rings. The summed E-state index contributed by atoms with van der Waals surface area (Å²) in [5, 5.41) is 4.23. The summed E-state index contributed by atoms with van der Waals surface area (Å²) < 4.78 is 0. The third-order valence-corrected chi connectivity index (χ3v) is 4.89. The van der Waals surface area contributed by atoms with E-state index >= 15 is 0 Å². The van der Waals surface area contributed by atoms with Crippen molar-refractivity contribution in [3.63, 3.8) is 0 Å². The Bertz CT molecular complexity index is 1240. The number of amides is 1. The zero-order chi connectivity index (χ0) is 21.3. The van der Waals surface area contributed by atoms with Gasteiger partial charge in [-0.25, -0.2) is 4.98 Å². The van der Waals surface area contributed by atoms with Gasteiger partial charge in [-0.2, -0.15) is 0 Å². The molecule has 6 heteroatoms. The molecular formula is C24H22N4O2. The summed E-state index contributed by atoms with van der Waals surface area (Å²) in [7, 11) is 3.48. The lowest BCUT2D eigenvalue weighted by molar-refractivity contribution is 0.0827. The Morgan fingerprint density at radius 1 is 0.967 bits per heavy atom. The molecule has 2 aromatic heterocycles. The van der Waals surface area contributed by atoms with Crippen LogP contribution in [0.4, 0.5) is 11.5 Å². The second-order valence-electron chi connectivity index (χ2n) is 7.38. The van der Waals surface area contributed by atoms with Crippen LogP contribution in [0.5, 0.6) is 0 Å². The van der Waals surface area contributed by atoms with Gasteiger partial charge in [-0.05, 0) is 42.8 Å². The Kier molecular flexibility index (Phi) is 5.06. The van der Waals surface area contributed by atoms with Crippen molar-refractivity contribution < 1.29 is 9.59 Å². The molecule has 1 amide bonds. The van der Waals surface area contributed by atoms with Gasteiger partial charge in [0.15, 0.2) is 5.78 Å². The van der Waals surface area contributed by atoms with Crippen LogP contribution < -0.4 is 5.32 Å². The van der Waals surface area contributed by atoms with Crippen molar-refractivity contribution in [3.05, 3.63) is 78.0 Å². The van der Waals surface area contributed by atoms with Gasteiger partial charge in [-0.1, -0.05) is 24.3 Å². The van der Waals surface area contributed by atoms with Crippen LogP contribution in [-0.2, 0) is 0 Å². The number of carbonyl (C=O) groups excluding carboxylic acids is 2. The van der Waals surface area contributed by atoms with Crippen LogP contribution in [0.1, 0.15) is 27.6 Å². The highest BCUT2D eigenvalue weighted by Gasteiger charge is 2.10. The number of nitrogens with zero attached hydrogens (tertiary/aromatic N) is 2. The Balaban J connectivity index is 1.59. The van der Waals surface area contributed by atoms with Crippen molar-refractivity contribution >= 4 is 34.1 Å². The summed E-state index contributed by atoms with van der Waals surface area (Å²) in [6, 6.07) is 18.8. The van der Waals surface area contributed by atoms with Gasteiger partial charge >= 0.3 is 0 Å². The number of benzene rings is 2. The molecule has 0 aliphatic rings. The number of aromatic nitrogens is 2. The zero-order valence-electron chi connectivity index (χ0n) is 17.1. The van der Waals surface area contributed by atoms with Crippen molar-refractivity contribution in [2.45, 2.75) is 6.92 Å². The first kappa shape index (κ1) is 19.4. The van der Waals surface area contributed by atoms with E-state index in [0.29, 0.717) is 16.9 Å². The van der Waals surface area contributed by atoms with Crippen LogP contribution in [0.2, 0.25) is 0 Å². The number of rotatable bonds is 5. The molecule has 0 radical (unpaired) electrons. The Labute approximate surface area is 174 Å². The van der Waals surface area contributed by atoms with E-state index in [1.165, 1.54) is 0 Å². The number of fused-ring (bicyclic) bond motifs is 1. The van der Waals surface area contributed by atoms with E-state index in [2.05, 4.69) is 15.3 Å². The van der Waals surface area contributed by atoms with E-state index in [9.17, 15) is 9.59 Å². The summed E-state index contributed by atoms with van der Waals surface area (Å²) in [4.78, 5) is 33.1. The molecule has 0 spiro atoms. The number of aromatic amines is 1. The van der Waals surface area contributed by atoms with Gasteiger partial charge in [-0.15, -0.1) is 0 Å². The van der Waals surface area contributed by atoms with Gasteiger partial charge in [0.05, 0.1) is 5.52 Å². The van der Waals surface area contributed by atoms with E-state index in [4.69, 9.17) is 0 Å². The molecular weight excluding hydrogens is 376 g/mol. The minimum atomic E-state index is -0.0213. The normalized spacial score (nSPS) is 10.8. The smallest absolute Gasteiger partial charge is 0.253 e. The maximum absolute atomic E-state index is 12.1. The monoisotopic (exact) mass is 398 g/mol. The largest absolute Gasteiger partial charge is 0.354 e. The number of pyridine rings is 1. The quantitative estimate of drug-likeness (QED) is 0.470. The summed E-state index contributed by atoms with van der Waals surface area (Å²) in [5.41, 5.74) is 5.00. The molecule has 0 aliphatic carbocycles.